The fourth-order valence-electron chi connectivity index (χ4n) is 3.37. The van der Waals surface area contributed by atoms with Gasteiger partial charge in [-0.2, -0.15) is 0 Å². The van der Waals surface area contributed by atoms with Gasteiger partial charge in [-0.1, -0.05) is 18.9 Å². The fourth-order valence-corrected chi connectivity index (χ4v) is 3.37. The highest BCUT2D eigenvalue weighted by molar-refractivity contribution is 5.80. The first kappa shape index (κ1) is 21.9. The molecule has 0 radical (unpaired) electrons. The summed E-state index contributed by atoms with van der Waals surface area (Å²) in [6.07, 6.45) is 4.64. The minimum atomic E-state index is -0.119. The second-order valence-electron chi connectivity index (χ2n) is 6.89. The number of esters is 1. The van der Waals surface area contributed by atoms with Crippen LogP contribution in [0.2, 0.25) is 0 Å². The number of methoxy groups -OCH3 is 2. The molecule has 1 aliphatic rings. The molecule has 1 fully saturated rings. The smallest absolute Gasteiger partial charge is 0.305 e. The molecule has 156 valence electrons. The summed E-state index contributed by atoms with van der Waals surface area (Å²) in [6, 6.07) is 8.22. The maximum absolute atomic E-state index is 11.1. The predicted octanol–water partition coefficient (Wildman–Crippen LogP) is 2.52. The molecule has 1 N–H and O–H groups in total. The number of nitrogens with zero attached hydrogens (tertiary/aromatic N) is 3. The molecule has 0 amide bonds. The molecule has 2 rings (SSSR count). The van der Waals surface area contributed by atoms with Crippen molar-refractivity contribution in [1.29, 1.82) is 0 Å². The van der Waals surface area contributed by atoms with E-state index in [1.165, 1.54) is 12.8 Å². The number of rotatable bonds is 9. The molecule has 28 heavy (non-hydrogen) atoms. The zero-order chi connectivity index (χ0) is 20.2. The number of piperazine rings is 1. The molecule has 0 saturated carbocycles. The van der Waals surface area contributed by atoms with Gasteiger partial charge in [0.05, 0.1) is 14.2 Å². The zero-order valence-corrected chi connectivity index (χ0v) is 17.4. The molecule has 0 unspecified atom stereocenters. The van der Waals surface area contributed by atoms with Crippen molar-refractivity contribution in [3.8, 4) is 5.75 Å². The molecule has 1 heterocycles. The average Bonchev–Trinajstić information content (AvgIpc) is 2.75. The van der Waals surface area contributed by atoms with Crippen LogP contribution in [0.4, 0.5) is 5.69 Å². The van der Waals surface area contributed by atoms with Gasteiger partial charge in [-0.15, -0.1) is 0 Å². The van der Waals surface area contributed by atoms with Crippen LogP contribution < -0.4 is 15.0 Å². The van der Waals surface area contributed by atoms with Gasteiger partial charge in [0.1, 0.15) is 5.75 Å². The predicted molar refractivity (Wildman–Crippen MR) is 113 cm³/mol. The fraction of sp³-hybridized carbons (Fsp3) is 0.619. The van der Waals surface area contributed by atoms with E-state index >= 15 is 0 Å². The van der Waals surface area contributed by atoms with E-state index in [1.54, 1.807) is 7.11 Å². The summed E-state index contributed by atoms with van der Waals surface area (Å²) in [5.41, 5.74) is 1.20. The van der Waals surface area contributed by atoms with E-state index in [9.17, 15) is 4.79 Å². The molecule has 0 aliphatic carbocycles. The maximum Gasteiger partial charge on any atom is 0.305 e. The van der Waals surface area contributed by atoms with Crippen molar-refractivity contribution in [2.75, 3.05) is 58.9 Å². The lowest BCUT2D eigenvalue weighted by molar-refractivity contribution is -0.140. The van der Waals surface area contributed by atoms with Crippen molar-refractivity contribution in [1.82, 2.24) is 10.2 Å². The van der Waals surface area contributed by atoms with Gasteiger partial charge >= 0.3 is 5.97 Å². The number of carbonyl (C=O) groups excluding carboxylic acids is 1. The van der Waals surface area contributed by atoms with Crippen molar-refractivity contribution in [3.05, 3.63) is 24.3 Å². The lowest BCUT2D eigenvalue weighted by Gasteiger charge is -2.37. The van der Waals surface area contributed by atoms with Gasteiger partial charge in [-0.3, -0.25) is 9.79 Å². The molecule has 1 aromatic rings. The summed E-state index contributed by atoms with van der Waals surface area (Å²) in [6.45, 7) is 4.70. The van der Waals surface area contributed by atoms with E-state index in [2.05, 4.69) is 37.0 Å². The third-order valence-corrected chi connectivity index (χ3v) is 5.03. The third kappa shape index (κ3) is 6.94. The zero-order valence-electron chi connectivity index (χ0n) is 17.4. The second kappa shape index (κ2) is 12.1. The lowest BCUT2D eigenvalue weighted by atomic mass is 10.1. The Bertz CT molecular complexity index is 628. The SMILES string of the molecule is CN=C(NCCCCCCC(=O)OC)N1CCN(c2cccc(OC)c2)CC1. The Balaban J connectivity index is 1.66. The molecular formula is C21H34N4O3. The van der Waals surface area contributed by atoms with E-state index in [1.807, 2.05) is 19.2 Å². The standard InChI is InChI=1S/C21H34N4O3/c1-22-21(23-12-7-5-4-6-11-20(26)28-3)25-15-13-24(14-16-25)18-9-8-10-19(17-18)27-2/h8-10,17H,4-7,11-16H2,1-3H3,(H,22,23). The highest BCUT2D eigenvalue weighted by Crippen LogP contribution is 2.22. The van der Waals surface area contributed by atoms with Gasteiger partial charge in [0, 0.05) is 57.9 Å². The number of hydrogen-bond acceptors (Lipinski definition) is 5. The van der Waals surface area contributed by atoms with Crippen LogP contribution in [0.25, 0.3) is 0 Å². The number of aliphatic imine (C=N–C) groups is 1. The van der Waals surface area contributed by atoms with Gasteiger partial charge in [-0.05, 0) is 25.0 Å². The molecule has 0 aromatic heterocycles. The van der Waals surface area contributed by atoms with E-state index in [-0.39, 0.29) is 5.97 Å². The van der Waals surface area contributed by atoms with Gasteiger partial charge in [0.25, 0.3) is 0 Å². The summed E-state index contributed by atoms with van der Waals surface area (Å²) in [5.74, 6) is 1.75. The van der Waals surface area contributed by atoms with Crippen molar-refractivity contribution < 1.29 is 14.3 Å². The summed E-state index contributed by atoms with van der Waals surface area (Å²) < 4.78 is 9.99. The Morgan fingerprint density at radius 3 is 2.54 bits per heavy atom. The first-order chi connectivity index (χ1) is 13.7. The Morgan fingerprint density at radius 2 is 1.86 bits per heavy atom. The normalized spacial score (nSPS) is 14.8. The minimum Gasteiger partial charge on any atom is -0.497 e. The average molecular weight is 391 g/mol. The van der Waals surface area contributed by atoms with E-state index in [4.69, 9.17) is 4.74 Å². The largest absolute Gasteiger partial charge is 0.497 e. The van der Waals surface area contributed by atoms with Crippen LogP contribution in [-0.2, 0) is 9.53 Å². The topological polar surface area (TPSA) is 66.4 Å². The van der Waals surface area contributed by atoms with Gasteiger partial charge in [-0.25, -0.2) is 0 Å². The summed E-state index contributed by atoms with van der Waals surface area (Å²) in [7, 11) is 4.98. The number of carbonyl (C=O) groups is 1. The number of benzene rings is 1. The number of ether oxygens (including phenoxy) is 2. The lowest BCUT2D eigenvalue weighted by Crippen LogP contribution is -2.52. The van der Waals surface area contributed by atoms with Crippen molar-refractivity contribution >= 4 is 17.6 Å². The molecule has 0 spiro atoms. The van der Waals surface area contributed by atoms with Crippen LogP contribution in [-0.4, -0.2) is 70.8 Å². The number of guanidine groups is 1. The van der Waals surface area contributed by atoms with Crippen LogP contribution in [0, 0.1) is 0 Å². The highest BCUT2D eigenvalue weighted by atomic mass is 16.5. The van der Waals surface area contributed by atoms with Gasteiger partial charge < -0.3 is 24.6 Å². The van der Waals surface area contributed by atoms with Crippen LogP contribution in [0.3, 0.4) is 0 Å². The molecular weight excluding hydrogens is 356 g/mol. The Hall–Kier alpha value is -2.44. The highest BCUT2D eigenvalue weighted by Gasteiger charge is 2.19. The molecule has 1 aromatic carbocycles. The van der Waals surface area contributed by atoms with Gasteiger partial charge in [0.15, 0.2) is 5.96 Å². The number of hydrogen-bond donors (Lipinski definition) is 1. The Morgan fingerprint density at radius 1 is 1.11 bits per heavy atom. The van der Waals surface area contributed by atoms with Gasteiger partial charge in [0.2, 0.25) is 0 Å². The number of anilines is 1. The number of unbranched alkanes of at least 4 members (excludes halogenated alkanes) is 3. The van der Waals surface area contributed by atoms with Crippen LogP contribution >= 0.6 is 0 Å². The van der Waals surface area contributed by atoms with E-state index < -0.39 is 0 Å². The van der Waals surface area contributed by atoms with Crippen molar-refractivity contribution in [2.45, 2.75) is 32.1 Å². The molecule has 7 nitrogen and oxygen atoms in total. The van der Waals surface area contributed by atoms with Crippen LogP contribution in [0.15, 0.2) is 29.3 Å². The van der Waals surface area contributed by atoms with E-state index in [0.29, 0.717) is 6.42 Å². The Labute approximate surface area is 168 Å². The molecule has 7 heteroatoms. The molecule has 0 atom stereocenters. The molecule has 0 bridgehead atoms. The summed E-state index contributed by atoms with van der Waals surface area (Å²) >= 11 is 0. The number of nitrogens with one attached hydrogen (secondary N) is 1. The second-order valence-corrected chi connectivity index (χ2v) is 6.89. The first-order valence-corrected chi connectivity index (χ1v) is 10.1. The third-order valence-electron chi connectivity index (χ3n) is 5.03. The van der Waals surface area contributed by atoms with Crippen LogP contribution in [0.1, 0.15) is 32.1 Å². The van der Waals surface area contributed by atoms with Crippen molar-refractivity contribution in [2.24, 2.45) is 4.99 Å². The Kier molecular flexibility index (Phi) is 9.45. The quantitative estimate of drug-likeness (QED) is 0.302. The molecule has 1 saturated heterocycles. The van der Waals surface area contributed by atoms with Crippen molar-refractivity contribution in [3.63, 3.8) is 0 Å². The molecule has 1 aliphatic heterocycles. The summed E-state index contributed by atoms with van der Waals surface area (Å²) in [5, 5.41) is 3.47. The maximum atomic E-state index is 11.1. The summed E-state index contributed by atoms with van der Waals surface area (Å²) in [4.78, 5) is 20.2. The van der Waals surface area contributed by atoms with E-state index in [0.717, 1.165) is 70.1 Å². The first-order valence-electron chi connectivity index (χ1n) is 10.1. The van der Waals surface area contributed by atoms with Crippen LogP contribution in [0.5, 0.6) is 5.75 Å². The monoisotopic (exact) mass is 390 g/mol. The minimum absolute atomic E-state index is 0.119.